The van der Waals surface area contributed by atoms with Gasteiger partial charge in [-0.15, -0.1) is 0 Å². The van der Waals surface area contributed by atoms with Crippen LogP contribution in [0, 0.1) is 0 Å². The van der Waals surface area contributed by atoms with E-state index in [2.05, 4.69) is 10.1 Å². The summed E-state index contributed by atoms with van der Waals surface area (Å²) in [5.41, 5.74) is 1.74. The monoisotopic (exact) mass is 378 g/mol. The van der Waals surface area contributed by atoms with Crippen molar-refractivity contribution in [2.75, 3.05) is 14.2 Å². The Morgan fingerprint density at radius 2 is 1.86 bits per heavy atom. The molecule has 4 aromatic rings. The van der Waals surface area contributed by atoms with Crippen molar-refractivity contribution >= 4 is 0 Å². The van der Waals surface area contributed by atoms with Crippen molar-refractivity contribution in [3.8, 4) is 40.3 Å². The van der Waals surface area contributed by atoms with Gasteiger partial charge in [-0.1, -0.05) is 17.3 Å². The third-order valence-corrected chi connectivity index (χ3v) is 4.11. The number of methoxy groups -OCH3 is 2. The zero-order chi connectivity index (χ0) is 19.3. The molecule has 28 heavy (non-hydrogen) atoms. The van der Waals surface area contributed by atoms with Gasteiger partial charge in [-0.2, -0.15) is 4.98 Å². The SMILES string of the molecule is COc1cccc(COc2ccc(-c3noc(-c4ccco4)n3)cc2OC)c1. The van der Waals surface area contributed by atoms with Gasteiger partial charge in [-0.05, 0) is 48.0 Å². The van der Waals surface area contributed by atoms with Crippen LogP contribution >= 0.6 is 0 Å². The first-order chi connectivity index (χ1) is 13.8. The number of ether oxygens (including phenoxy) is 3. The third kappa shape index (κ3) is 3.68. The fourth-order valence-electron chi connectivity index (χ4n) is 2.69. The van der Waals surface area contributed by atoms with Gasteiger partial charge in [-0.25, -0.2) is 0 Å². The maximum Gasteiger partial charge on any atom is 0.293 e. The number of hydrogen-bond acceptors (Lipinski definition) is 7. The van der Waals surface area contributed by atoms with Crippen molar-refractivity contribution in [3.63, 3.8) is 0 Å². The summed E-state index contributed by atoms with van der Waals surface area (Å²) in [5.74, 6) is 3.24. The zero-order valence-electron chi connectivity index (χ0n) is 15.4. The zero-order valence-corrected chi connectivity index (χ0v) is 15.4. The number of hydrogen-bond donors (Lipinski definition) is 0. The molecule has 0 aliphatic rings. The van der Waals surface area contributed by atoms with Crippen LogP contribution in [0.5, 0.6) is 17.2 Å². The molecule has 0 saturated carbocycles. The lowest BCUT2D eigenvalue weighted by atomic mass is 10.2. The summed E-state index contributed by atoms with van der Waals surface area (Å²) in [6.45, 7) is 0.387. The average molecular weight is 378 g/mol. The highest BCUT2D eigenvalue weighted by Crippen LogP contribution is 2.33. The van der Waals surface area contributed by atoms with E-state index < -0.39 is 0 Å². The van der Waals surface area contributed by atoms with E-state index in [9.17, 15) is 0 Å². The van der Waals surface area contributed by atoms with Crippen LogP contribution in [0.1, 0.15) is 5.56 Å². The van der Waals surface area contributed by atoms with Crippen LogP contribution in [-0.2, 0) is 6.61 Å². The molecule has 0 saturated heterocycles. The summed E-state index contributed by atoms with van der Waals surface area (Å²) < 4.78 is 27.1. The molecule has 2 aromatic carbocycles. The van der Waals surface area contributed by atoms with Gasteiger partial charge in [-0.3, -0.25) is 0 Å². The first kappa shape index (κ1) is 17.7. The minimum absolute atomic E-state index is 0.317. The number of rotatable bonds is 7. The Morgan fingerprint density at radius 3 is 2.64 bits per heavy atom. The Morgan fingerprint density at radius 1 is 0.929 bits per heavy atom. The average Bonchev–Trinajstić information content (AvgIpc) is 3.44. The number of nitrogens with zero attached hydrogens (tertiary/aromatic N) is 2. The van der Waals surface area contributed by atoms with Gasteiger partial charge in [0.05, 0.1) is 20.5 Å². The van der Waals surface area contributed by atoms with Gasteiger partial charge in [0, 0.05) is 5.56 Å². The second-order valence-electron chi connectivity index (χ2n) is 5.91. The normalized spacial score (nSPS) is 10.6. The summed E-state index contributed by atoms with van der Waals surface area (Å²) in [6, 6.07) is 16.7. The quantitative estimate of drug-likeness (QED) is 0.465. The maximum atomic E-state index is 5.91. The molecular weight excluding hydrogens is 360 g/mol. The Hall–Kier alpha value is -3.74. The predicted octanol–water partition coefficient (Wildman–Crippen LogP) is 4.59. The van der Waals surface area contributed by atoms with E-state index in [1.54, 1.807) is 38.7 Å². The molecule has 0 radical (unpaired) electrons. The number of benzene rings is 2. The lowest BCUT2D eigenvalue weighted by molar-refractivity contribution is 0.284. The minimum Gasteiger partial charge on any atom is -0.497 e. The molecule has 2 aromatic heterocycles. The van der Waals surface area contributed by atoms with E-state index >= 15 is 0 Å². The smallest absolute Gasteiger partial charge is 0.293 e. The van der Waals surface area contributed by atoms with E-state index in [1.165, 1.54) is 0 Å². The third-order valence-electron chi connectivity index (χ3n) is 4.11. The molecule has 0 aliphatic heterocycles. The van der Waals surface area contributed by atoms with Gasteiger partial charge < -0.3 is 23.2 Å². The summed E-state index contributed by atoms with van der Waals surface area (Å²) >= 11 is 0. The number of aromatic nitrogens is 2. The van der Waals surface area contributed by atoms with Crippen LogP contribution in [0.25, 0.3) is 23.0 Å². The second kappa shape index (κ2) is 7.87. The maximum absolute atomic E-state index is 5.91. The topological polar surface area (TPSA) is 79.8 Å². The van der Waals surface area contributed by atoms with Crippen LogP contribution in [-0.4, -0.2) is 24.4 Å². The molecule has 0 N–H and O–H groups in total. The second-order valence-corrected chi connectivity index (χ2v) is 5.91. The Labute approximate surface area is 161 Å². The van der Waals surface area contributed by atoms with Crippen LogP contribution in [0.15, 0.2) is 69.8 Å². The summed E-state index contributed by atoms with van der Waals surface area (Å²) in [5, 5.41) is 4.00. The molecule has 4 rings (SSSR count). The Bertz CT molecular complexity index is 1060. The highest BCUT2D eigenvalue weighted by molar-refractivity contribution is 5.62. The summed E-state index contributed by atoms with van der Waals surface area (Å²) in [4.78, 5) is 4.36. The number of furan rings is 1. The van der Waals surface area contributed by atoms with Crippen LogP contribution in [0.2, 0.25) is 0 Å². The van der Waals surface area contributed by atoms with Crippen molar-refractivity contribution in [3.05, 3.63) is 66.4 Å². The molecule has 0 aliphatic carbocycles. The first-order valence-corrected chi connectivity index (χ1v) is 8.58. The van der Waals surface area contributed by atoms with E-state index in [1.807, 2.05) is 36.4 Å². The molecule has 2 heterocycles. The fourth-order valence-corrected chi connectivity index (χ4v) is 2.69. The molecule has 7 heteroatoms. The van der Waals surface area contributed by atoms with Crippen LogP contribution in [0.4, 0.5) is 0 Å². The van der Waals surface area contributed by atoms with Gasteiger partial charge in [0.15, 0.2) is 17.3 Å². The molecule has 7 nitrogen and oxygen atoms in total. The molecule has 0 spiro atoms. The van der Waals surface area contributed by atoms with Crippen molar-refractivity contribution in [2.45, 2.75) is 6.61 Å². The minimum atomic E-state index is 0.317. The highest BCUT2D eigenvalue weighted by atomic mass is 16.5. The molecule has 0 bridgehead atoms. The van der Waals surface area contributed by atoms with E-state index in [-0.39, 0.29) is 0 Å². The molecule has 0 amide bonds. The molecule has 0 fully saturated rings. The van der Waals surface area contributed by atoms with Gasteiger partial charge in [0.25, 0.3) is 5.89 Å². The molecular formula is C21H18N2O5. The van der Waals surface area contributed by atoms with Crippen LogP contribution in [0.3, 0.4) is 0 Å². The Balaban J connectivity index is 1.53. The van der Waals surface area contributed by atoms with Crippen molar-refractivity contribution in [2.24, 2.45) is 0 Å². The van der Waals surface area contributed by atoms with Crippen molar-refractivity contribution in [1.82, 2.24) is 10.1 Å². The Kier molecular flexibility index (Phi) is 4.97. The van der Waals surface area contributed by atoms with Crippen molar-refractivity contribution in [1.29, 1.82) is 0 Å². The molecule has 0 atom stereocenters. The summed E-state index contributed by atoms with van der Waals surface area (Å²) in [6.07, 6.45) is 1.55. The lowest BCUT2D eigenvalue weighted by Crippen LogP contribution is -1.98. The molecule has 0 unspecified atom stereocenters. The van der Waals surface area contributed by atoms with Crippen LogP contribution < -0.4 is 14.2 Å². The van der Waals surface area contributed by atoms with Gasteiger partial charge in [0.2, 0.25) is 5.82 Å². The largest absolute Gasteiger partial charge is 0.497 e. The molecule has 142 valence electrons. The lowest BCUT2D eigenvalue weighted by Gasteiger charge is -2.12. The van der Waals surface area contributed by atoms with E-state index in [0.29, 0.717) is 35.6 Å². The summed E-state index contributed by atoms with van der Waals surface area (Å²) in [7, 11) is 3.22. The van der Waals surface area contributed by atoms with E-state index in [0.717, 1.165) is 16.9 Å². The standard InChI is InChI=1S/C21H18N2O5/c1-24-16-6-3-5-14(11-16)13-27-17-9-8-15(12-19(17)25-2)20-22-21(28-23-20)18-7-4-10-26-18/h3-12H,13H2,1-2H3. The predicted molar refractivity (Wildman–Crippen MR) is 101 cm³/mol. The fraction of sp³-hybridized carbons (Fsp3) is 0.143. The van der Waals surface area contributed by atoms with Gasteiger partial charge >= 0.3 is 0 Å². The van der Waals surface area contributed by atoms with Gasteiger partial charge in [0.1, 0.15) is 12.4 Å². The first-order valence-electron chi connectivity index (χ1n) is 8.58. The van der Waals surface area contributed by atoms with Crippen molar-refractivity contribution < 1.29 is 23.2 Å². The van der Waals surface area contributed by atoms with E-state index in [4.69, 9.17) is 23.2 Å². The highest BCUT2D eigenvalue weighted by Gasteiger charge is 2.15.